The molecule has 0 spiro atoms. The van der Waals surface area contributed by atoms with Gasteiger partial charge in [-0.05, 0) is 62.0 Å². The van der Waals surface area contributed by atoms with E-state index in [-0.39, 0.29) is 5.91 Å². The summed E-state index contributed by atoms with van der Waals surface area (Å²) in [6, 6.07) is 13.2. The first-order chi connectivity index (χ1) is 12.5. The number of hydrogen-bond donors (Lipinski definition) is 0. The molecule has 1 amide bonds. The SMILES string of the molecule is CCN1C(=O)/C(=C\c2cc(Cl)ccc2OC)SC1=Nc1ccc(C)cc1. The summed E-state index contributed by atoms with van der Waals surface area (Å²) in [5.74, 6) is 0.604. The molecule has 1 fully saturated rings. The summed E-state index contributed by atoms with van der Waals surface area (Å²) in [6.45, 7) is 4.52. The molecule has 26 heavy (non-hydrogen) atoms. The van der Waals surface area contributed by atoms with Crippen molar-refractivity contribution in [1.29, 1.82) is 0 Å². The summed E-state index contributed by atoms with van der Waals surface area (Å²) in [7, 11) is 1.59. The molecule has 0 radical (unpaired) electrons. The van der Waals surface area contributed by atoms with E-state index in [1.165, 1.54) is 17.3 Å². The van der Waals surface area contributed by atoms with Crippen molar-refractivity contribution in [2.45, 2.75) is 13.8 Å². The predicted octanol–water partition coefficient (Wildman–Crippen LogP) is 5.28. The summed E-state index contributed by atoms with van der Waals surface area (Å²) >= 11 is 7.45. The van der Waals surface area contributed by atoms with Crippen molar-refractivity contribution in [2.75, 3.05) is 13.7 Å². The van der Waals surface area contributed by atoms with E-state index in [1.54, 1.807) is 36.3 Å². The third-order valence-corrected chi connectivity index (χ3v) is 5.18. The molecule has 0 bridgehead atoms. The van der Waals surface area contributed by atoms with E-state index < -0.39 is 0 Å². The first kappa shape index (κ1) is 18.5. The molecule has 0 aliphatic carbocycles. The van der Waals surface area contributed by atoms with Gasteiger partial charge in [0.1, 0.15) is 5.75 Å². The van der Waals surface area contributed by atoms with Crippen LogP contribution in [0.3, 0.4) is 0 Å². The Morgan fingerprint density at radius 3 is 2.62 bits per heavy atom. The topological polar surface area (TPSA) is 41.9 Å². The monoisotopic (exact) mass is 386 g/mol. The number of methoxy groups -OCH3 is 1. The van der Waals surface area contributed by atoms with Gasteiger partial charge in [0.15, 0.2) is 5.17 Å². The molecule has 0 N–H and O–H groups in total. The van der Waals surface area contributed by atoms with Crippen molar-refractivity contribution in [3.63, 3.8) is 0 Å². The highest BCUT2D eigenvalue weighted by molar-refractivity contribution is 8.18. The molecule has 0 aromatic heterocycles. The second-order valence-corrected chi connectivity index (χ2v) is 7.22. The Morgan fingerprint density at radius 2 is 1.96 bits per heavy atom. The summed E-state index contributed by atoms with van der Waals surface area (Å²) in [6.07, 6.45) is 1.80. The van der Waals surface area contributed by atoms with Crippen LogP contribution in [-0.4, -0.2) is 29.6 Å². The van der Waals surface area contributed by atoms with E-state index in [0.29, 0.717) is 27.4 Å². The number of halogens is 1. The van der Waals surface area contributed by atoms with Gasteiger partial charge in [-0.25, -0.2) is 4.99 Å². The largest absolute Gasteiger partial charge is 0.496 e. The van der Waals surface area contributed by atoms with Gasteiger partial charge >= 0.3 is 0 Å². The molecular formula is C20H19ClN2O2S. The second-order valence-electron chi connectivity index (χ2n) is 5.78. The molecule has 134 valence electrons. The highest BCUT2D eigenvalue weighted by atomic mass is 35.5. The normalized spacial score (nSPS) is 17.4. The quantitative estimate of drug-likeness (QED) is 0.671. The summed E-state index contributed by atoms with van der Waals surface area (Å²) in [5.41, 5.74) is 2.76. The number of nitrogens with zero attached hydrogens (tertiary/aromatic N) is 2. The van der Waals surface area contributed by atoms with Gasteiger partial charge in [0.05, 0.1) is 17.7 Å². The van der Waals surface area contributed by atoms with Crippen molar-refractivity contribution in [3.8, 4) is 5.75 Å². The molecule has 1 aliphatic heterocycles. The minimum atomic E-state index is -0.0645. The fourth-order valence-corrected chi connectivity index (χ4v) is 3.79. The predicted molar refractivity (Wildman–Crippen MR) is 109 cm³/mol. The van der Waals surface area contributed by atoms with Gasteiger partial charge in [0.2, 0.25) is 0 Å². The number of likely N-dealkylation sites (N-methyl/N-ethyl adjacent to an activating group) is 1. The van der Waals surface area contributed by atoms with E-state index in [4.69, 9.17) is 16.3 Å². The maximum atomic E-state index is 12.8. The van der Waals surface area contributed by atoms with Crippen LogP contribution in [-0.2, 0) is 4.79 Å². The van der Waals surface area contributed by atoms with Crippen LogP contribution in [0.5, 0.6) is 5.75 Å². The number of thioether (sulfide) groups is 1. The molecule has 4 nitrogen and oxygen atoms in total. The zero-order chi connectivity index (χ0) is 18.7. The van der Waals surface area contributed by atoms with Crippen LogP contribution >= 0.6 is 23.4 Å². The number of carbonyl (C=O) groups is 1. The Balaban J connectivity index is 1.97. The number of aryl methyl sites for hydroxylation is 1. The first-order valence-corrected chi connectivity index (χ1v) is 9.41. The van der Waals surface area contributed by atoms with Gasteiger partial charge in [-0.15, -0.1) is 0 Å². The minimum absolute atomic E-state index is 0.0645. The standard InChI is InChI=1S/C20H19ClN2O2S/c1-4-23-19(24)18(12-14-11-15(21)7-10-17(14)25-3)26-20(23)22-16-8-5-13(2)6-9-16/h5-12H,4H2,1-3H3/b18-12+,22-20?. The number of carbonyl (C=O) groups excluding carboxylic acids is 1. The fourth-order valence-electron chi connectivity index (χ4n) is 2.56. The third-order valence-electron chi connectivity index (χ3n) is 3.94. The van der Waals surface area contributed by atoms with Crippen molar-refractivity contribution in [1.82, 2.24) is 4.90 Å². The van der Waals surface area contributed by atoms with Gasteiger partial charge in [-0.2, -0.15) is 0 Å². The second kappa shape index (κ2) is 7.98. The molecule has 0 atom stereocenters. The van der Waals surface area contributed by atoms with Crippen molar-refractivity contribution < 1.29 is 9.53 Å². The fraction of sp³-hybridized carbons (Fsp3) is 0.200. The Morgan fingerprint density at radius 1 is 1.23 bits per heavy atom. The highest BCUT2D eigenvalue weighted by Gasteiger charge is 2.32. The van der Waals surface area contributed by atoms with Gasteiger partial charge in [-0.1, -0.05) is 29.3 Å². The summed E-state index contributed by atoms with van der Waals surface area (Å²) in [4.78, 5) is 19.7. The molecule has 2 aromatic rings. The Kier molecular flexibility index (Phi) is 5.69. The molecule has 3 rings (SSSR count). The summed E-state index contributed by atoms with van der Waals surface area (Å²) < 4.78 is 5.37. The number of benzene rings is 2. The maximum Gasteiger partial charge on any atom is 0.266 e. The summed E-state index contributed by atoms with van der Waals surface area (Å²) in [5, 5.41) is 1.27. The van der Waals surface area contributed by atoms with Gasteiger partial charge in [-0.3, -0.25) is 9.69 Å². The molecule has 1 heterocycles. The zero-order valence-electron chi connectivity index (χ0n) is 14.8. The van der Waals surface area contributed by atoms with Crippen LogP contribution in [0.15, 0.2) is 52.4 Å². The lowest BCUT2D eigenvalue weighted by molar-refractivity contribution is -0.122. The van der Waals surface area contributed by atoms with Crippen LogP contribution in [0, 0.1) is 6.92 Å². The molecule has 6 heteroatoms. The number of amides is 1. The average molecular weight is 387 g/mol. The Bertz CT molecular complexity index is 891. The van der Waals surface area contributed by atoms with Crippen LogP contribution < -0.4 is 4.74 Å². The van der Waals surface area contributed by atoms with E-state index in [9.17, 15) is 4.79 Å². The lowest BCUT2D eigenvalue weighted by Gasteiger charge is -2.12. The minimum Gasteiger partial charge on any atom is -0.496 e. The molecule has 0 unspecified atom stereocenters. The van der Waals surface area contributed by atoms with Gasteiger partial charge < -0.3 is 4.74 Å². The average Bonchev–Trinajstić information content (AvgIpc) is 2.92. The lowest BCUT2D eigenvalue weighted by Crippen LogP contribution is -2.28. The lowest BCUT2D eigenvalue weighted by atomic mass is 10.2. The maximum absolute atomic E-state index is 12.8. The van der Waals surface area contributed by atoms with Crippen molar-refractivity contribution in [3.05, 3.63) is 63.5 Å². The van der Waals surface area contributed by atoms with E-state index in [1.807, 2.05) is 38.1 Å². The molecular weight excluding hydrogens is 368 g/mol. The number of ether oxygens (including phenoxy) is 1. The smallest absolute Gasteiger partial charge is 0.266 e. The number of hydrogen-bond acceptors (Lipinski definition) is 4. The van der Waals surface area contributed by atoms with Gasteiger partial charge in [0, 0.05) is 17.1 Å². The van der Waals surface area contributed by atoms with Gasteiger partial charge in [0.25, 0.3) is 5.91 Å². The molecule has 1 aliphatic rings. The first-order valence-electron chi connectivity index (χ1n) is 8.22. The highest BCUT2D eigenvalue weighted by Crippen LogP contribution is 2.36. The molecule has 2 aromatic carbocycles. The van der Waals surface area contributed by atoms with Crippen LogP contribution in [0.25, 0.3) is 6.08 Å². The Labute approximate surface area is 162 Å². The van der Waals surface area contributed by atoms with Crippen LogP contribution in [0.4, 0.5) is 5.69 Å². The van der Waals surface area contributed by atoms with E-state index in [0.717, 1.165) is 11.3 Å². The van der Waals surface area contributed by atoms with E-state index in [2.05, 4.69) is 4.99 Å². The van der Waals surface area contributed by atoms with E-state index >= 15 is 0 Å². The number of amidine groups is 1. The number of rotatable bonds is 4. The number of aliphatic imine (C=N–C) groups is 1. The van der Waals surface area contributed by atoms with Crippen molar-refractivity contribution in [2.24, 2.45) is 4.99 Å². The Hall–Kier alpha value is -2.24. The third kappa shape index (κ3) is 3.94. The molecule has 1 saturated heterocycles. The van der Waals surface area contributed by atoms with Crippen molar-refractivity contribution >= 4 is 46.2 Å². The molecule has 0 saturated carbocycles. The van der Waals surface area contributed by atoms with Crippen LogP contribution in [0.2, 0.25) is 5.02 Å². The van der Waals surface area contributed by atoms with Crippen LogP contribution in [0.1, 0.15) is 18.1 Å². The zero-order valence-corrected chi connectivity index (χ0v) is 16.4.